The quantitative estimate of drug-likeness (QED) is 0.181. The summed E-state index contributed by atoms with van der Waals surface area (Å²) in [7, 11) is 0. The molecule has 2 aliphatic heterocycles. The Kier molecular flexibility index (Phi) is 12.5. The van der Waals surface area contributed by atoms with E-state index >= 15 is 0 Å². The van der Waals surface area contributed by atoms with E-state index < -0.39 is 17.3 Å². The van der Waals surface area contributed by atoms with Gasteiger partial charge in [-0.1, -0.05) is 36.4 Å². The highest BCUT2D eigenvalue weighted by Crippen LogP contribution is 2.34. The Morgan fingerprint density at radius 2 is 1.19 bits per heavy atom. The Labute approximate surface area is 379 Å². The second-order valence-corrected chi connectivity index (χ2v) is 18.6. The van der Waals surface area contributed by atoms with Gasteiger partial charge in [-0.15, -0.1) is 0 Å². The molecule has 0 radical (unpaired) electrons. The summed E-state index contributed by atoms with van der Waals surface area (Å²) in [5.74, 6) is 0. The number of aromatic nitrogens is 6. The van der Waals surface area contributed by atoms with Gasteiger partial charge >= 0.3 is 12.3 Å². The topological polar surface area (TPSA) is 108 Å². The third-order valence-electron chi connectivity index (χ3n) is 11.6. The van der Waals surface area contributed by atoms with Gasteiger partial charge in [0.05, 0.1) is 22.4 Å². The van der Waals surface area contributed by atoms with Crippen molar-refractivity contribution < 1.29 is 22.7 Å². The normalized spacial score (nSPS) is 19.5. The number of nitrogens with zero attached hydrogens (tertiary/aromatic N) is 9. The summed E-state index contributed by atoms with van der Waals surface area (Å²) in [5.41, 5.74) is 7.42. The van der Waals surface area contributed by atoms with Crippen LogP contribution in [-0.4, -0.2) is 96.1 Å². The Morgan fingerprint density at radius 1 is 0.672 bits per heavy atom. The van der Waals surface area contributed by atoms with Gasteiger partial charge in [-0.3, -0.25) is 0 Å². The average Bonchev–Trinajstić information content (AvgIpc) is 3.86. The van der Waals surface area contributed by atoms with Crippen LogP contribution in [0.2, 0.25) is 0 Å². The zero-order chi connectivity index (χ0) is 45.5. The lowest BCUT2D eigenvalue weighted by atomic mass is 10.0. The fraction of sp³-hybridized carbons (Fsp3) is 0.354. The molecule has 0 bridgehead atoms. The van der Waals surface area contributed by atoms with Gasteiger partial charge in [-0.2, -0.15) is 23.4 Å². The minimum atomic E-state index is -4.40. The summed E-state index contributed by atoms with van der Waals surface area (Å²) < 4.78 is 49.2. The van der Waals surface area contributed by atoms with E-state index in [1.807, 2.05) is 44.3 Å². The molecule has 334 valence electrons. The summed E-state index contributed by atoms with van der Waals surface area (Å²) >= 11 is 3.46. The standard InChI is InChI=1S/C25H24F3N5.C23H28BrN5O2/c1-16-11-29-12-17(2)33(16)22-8-6-18(7-9-22)20-13-30-24-23(14-31-32(24)15-20)19-4-3-5-21(10-19)25(26,27)28;1-15-12-27(22(30)31-23(3,4)5)13-16(2)29(15)19-8-6-17(7-9-19)18-10-25-21-20(24)11-26-28(21)14-18/h3-10,13-17,29H,11-12H2,1-2H3;6-11,14-16H,12-13H2,1-5H3/t16-,17+;15-,16+. The Bertz CT molecular complexity index is 2730. The van der Waals surface area contributed by atoms with Crippen molar-refractivity contribution in [1.82, 2.24) is 39.4 Å². The molecule has 12 nitrogen and oxygen atoms in total. The number of rotatable bonds is 5. The number of halogens is 4. The molecule has 3 aromatic carbocycles. The Morgan fingerprint density at radius 3 is 1.73 bits per heavy atom. The van der Waals surface area contributed by atoms with Crippen molar-refractivity contribution >= 4 is 44.7 Å². The largest absolute Gasteiger partial charge is 0.444 e. The van der Waals surface area contributed by atoms with Crippen LogP contribution in [0.1, 0.15) is 54.0 Å². The van der Waals surface area contributed by atoms with Gasteiger partial charge in [0.15, 0.2) is 11.3 Å². The number of hydrogen-bond donors (Lipinski definition) is 1. The van der Waals surface area contributed by atoms with Crippen LogP contribution in [0.3, 0.4) is 0 Å². The Balaban J connectivity index is 0.000000175. The van der Waals surface area contributed by atoms with E-state index in [-0.39, 0.29) is 18.2 Å². The van der Waals surface area contributed by atoms with E-state index in [2.05, 4.69) is 127 Å². The van der Waals surface area contributed by atoms with Crippen LogP contribution in [0.4, 0.5) is 29.3 Å². The van der Waals surface area contributed by atoms with Crippen LogP contribution in [-0.2, 0) is 10.9 Å². The molecule has 1 N–H and O–H groups in total. The number of carbonyl (C=O) groups excluding carboxylic acids is 1. The third-order valence-corrected chi connectivity index (χ3v) is 12.1. The summed E-state index contributed by atoms with van der Waals surface area (Å²) in [6.07, 6.45) is 6.09. The molecule has 0 saturated carbocycles. The first kappa shape index (κ1) is 44.6. The number of fused-ring (bicyclic) bond motifs is 2. The van der Waals surface area contributed by atoms with Crippen molar-refractivity contribution in [2.24, 2.45) is 0 Å². The lowest BCUT2D eigenvalue weighted by Crippen LogP contribution is -2.58. The third kappa shape index (κ3) is 9.58. The van der Waals surface area contributed by atoms with Crippen LogP contribution in [0.25, 0.3) is 44.7 Å². The second-order valence-electron chi connectivity index (χ2n) is 17.7. The highest BCUT2D eigenvalue weighted by molar-refractivity contribution is 9.10. The predicted octanol–water partition coefficient (Wildman–Crippen LogP) is 10.3. The van der Waals surface area contributed by atoms with Crippen molar-refractivity contribution in [3.05, 3.63) is 120 Å². The number of anilines is 2. The summed E-state index contributed by atoms with van der Waals surface area (Å²) in [6, 6.07) is 23.3. The lowest BCUT2D eigenvalue weighted by Gasteiger charge is -2.45. The molecule has 0 unspecified atom stereocenters. The number of piperazine rings is 2. The van der Waals surface area contributed by atoms with E-state index in [1.54, 1.807) is 33.7 Å². The maximum Gasteiger partial charge on any atom is 0.416 e. The minimum Gasteiger partial charge on any atom is -0.444 e. The molecule has 0 spiro atoms. The number of nitrogens with one attached hydrogen (secondary N) is 1. The zero-order valence-electron chi connectivity index (χ0n) is 36.9. The van der Waals surface area contributed by atoms with Crippen molar-refractivity contribution in [3.8, 4) is 33.4 Å². The molecule has 16 heteroatoms. The molecular formula is C48H52BrF3N10O2. The summed E-state index contributed by atoms with van der Waals surface area (Å²) in [4.78, 5) is 28.1. The van der Waals surface area contributed by atoms with E-state index in [0.29, 0.717) is 41.9 Å². The molecule has 2 aliphatic rings. The van der Waals surface area contributed by atoms with Gasteiger partial charge < -0.3 is 24.8 Å². The van der Waals surface area contributed by atoms with Crippen LogP contribution < -0.4 is 15.1 Å². The maximum atomic E-state index is 13.1. The van der Waals surface area contributed by atoms with E-state index in [9.17, 15) is 18.0 Å². The van der Waals surface area contributed by atoms with Gasteiger partial charge in [-0.25, -0.2) is 23.8 Å². The molecule has 0 aliphatic carbocycles. The van der Waals surface area contributed by atoms with Crippen molar-refractivity contribution in [1.29, 1.82) is 0 Å². The number of benzene rings is 3. The predicted molar refractivity (Wildman–Crippen MR) is 248 cm³/mol. The maximum absolute atomic E-state index is 13.1. The Hall–Kier alpha value is -6.00. The number of hydrogen-bond acceptors (Lipinski definition) is 9. The highest BCUT2D eigenvalue weighted by Gasteiger charge is 2.34. The zero-order valence-corrected chi connectivity index (χ0v) is 38.5. The molecule has 6 heterocycles. The van der Waals surface area contributed by atoms with E-state index in [4.69, 9.17) is 4.74 Å². The molecule has 1 amide bonds. The molecular weight excluding hydrogens is 885 g/mol. The first-order valence-electron chi connectivity index (χ1n) is 21.4. The van der Waals surface area contributed by atoms with Crippen molar-refractivity contribution in [2.45, 2.75) is 84.4 Å². The second kappa shape index (κ2) is 17.9. The van der Waals surface area contributed by atoms with Crippen LogP contribution in [0, 0.1) is 0 Å². The fourth-order valence-electron chi connectivity index (χ4n) is 8.69. The highest BCUT2D eigenvalue weighted by atomic mass is 79.9. The van der Waals surface area contributed by atoms with E-state index in [0.717, 1.165) is 63.3 Å². The molecule has 2 saturated heterocycles. The molecule has 9 rings (SSSR count). The minimum absolute atomic E-state index is 0.182. The van der Waals surface area contributed by atoms with Crippen molar-refractivity contribution in [2.75, 3.05) is 36.0 Å². The first-order chi connectivity index (χ1) is 30.4. The smallest absolute Gasteiger partial charge is 0.416 e. The number of alkyl halides is 3. The van der Waals surface area contributed by atoms with Gasteiger partial charge in [0, 0.05) is 103 Å². The van der Waals surface area contributed by atoms with Crippen LogP contribution >= 0.6 is 15.9 Å². The first-order valence-corrected chi connectivity index (χ1v) is 22.2. The fourth-order valence-corrected chi connectivity index (χ4v) is 9.06. The number of ether oxygens (including phenoxy) is 1. The summed E-state index contributed by atoms with van der Waals surface area (Å²) in [5, 5.41) is 12.1. The average molecular weight is 938 g/mol. The summed E-state index contributed by atoms with van der Waals surface area (Å²) in [6.45, 7) is 17.6. The van der Waals surface area contributed by atoms with Crippen LogP contribution in [0.15, 0.2) is 114 Å². The molecule has 4 atom stereocenters. The monoisotopic (exact) mass is 936 g/mol. The van der Waals surface area contributed by atoms with Gasteiger partial charge in [0.1, 0.15) is 5.60 Å². The van der Waals surface area contributed by atoms with Gasteiger partial charge in [0.25, 0.3) is 0 Å². The SMILES string of the molecule is C[C@@H]1CN(C(=O)OC(C)(C)C)C[C@H](C)N1c1ccc(-c2cnc3c(Br)cnn3c2)cc1.C[C@@H]1CNC[C@H](C)N1c1ccc(-c2cnc3c(-c4cccc(C(F)(F)F)c4)cnn3c2)cc1. The van der Waals surface area contributed by atoms with Crippen LogP contribution in [0.5, 0.6) is 0 Å². The molecule has 4 aromatic heterocycles. The lowest BCUT2D eigenvalue weighted by molar-refractivity contribution is -0.137. The van der Waals surface area contributed by atoms with E-state index in [1.165, 1.54) is 11.8 Å². The van der Waals surface area contributed by atoms with Gasteiger partial charge in [-0.05, 0) is 117 Å². The van der Waals surface area contributed by atoms with Gasteiger partial charge in [0.2, 0.25) is 0 Å². The molecule has 7 aromatic rings. The number of amides is 1. The molecule has 2 fully saturated rings. The van der Waals surface area contributed by atoms with Crippen molar-refractivity contribution in [3.63, 3.8) is 0 Å². The number of carbonyl (C=O) groups is 1. The molecule has 64 heavy (non-hydrogen) atoms.